The van der Waals surface area contributed by atoms with E-state index < -0.39 is 0 Å². The quantitative estimate of drug-likeness (QED) is 0.334. The zero-order chi connectivity index (χ0) is 18.8. The van der Waals surface area contributed by atoms with Gasteiger partial charge in [0.2, 0.25) is 0 Å². The predicted molar refractivity (Wildman–Crippen MR) is 114 cm³/mol. The third-order valence-corrected chi connectivity index (χ3v) is 4.91. The zero-order valence-corrected chi connectivity index (χ0v) is 16.5. The van der Waals surface area contributed by atoms with E-state index in [9.17, 15) is 4.39 Å². The fourth-order valence-corrected chi connectivity index (χ4v) is 3.46. The summed E-state index contributed by atoms with van der Waals surface area (Å²) in [5.74, 6) is 1.81. The van der Waals surface area contributed by atoms with Crippen LogP contribution in [-0.2, 0) is 5.75 Å². The summed E-state index contributed by atoms with van der Waals surface area (Å²) in [6.45, 7) is 4.75. The average molecular weight is 411 g/mol. The van der Waals surface area contributed by atoms with Gasteiger partial charge in [0.15, 0.2) is 5.11 Å². The van der Waals surface area contributed by atoms with Gasteiger partial charge >= 0.3 is 0 Å². The molecule has 0 aliphatic carbocycles. The number of benzene rings is 2. The molecule has 2 aromatic carbocycles. The lowest BCUT2D eigenvalue weighted by molar-refractivity contribution is 0.363. The molecule has 0 fully saturated rings. The lowest BCUT2D eigenvalue weighted by atomic mass is 10.2. The number of hydrogen-bond donors (Lipinski definition) is 2. The topological polar surface area (TPSA) is 33.3 Å². The Kier molecular flexibility index (Phi) is 8.74. The molecule has 0 aliphatic heterocycles. The Bertz CT molecular complexity index is 721. The van der Waals surface area contributed by atoms with Crippen molar-refractivity contribution in [3.8, 4) is 5.75 Å². The summed E-state index contributed by atoms with van der Waals surface area (Å²) in [6, 6.07) is 12.2. The minimum absolute atomic E-state index is 0.268. The standard InChI is InChI=1S/C19H20ClFN2OS2/c1-2-11-24-15-8-6-14(7-9-15)23-19(25)22-10-12-26-13-16-17(20)4-3-5-18(16)21/h2-9H,1,10-13H2,(H2,22,23,25). The molecule has 0 saturated carbocycles. The molecule has 0 unspecified atom stereocenters. The smallest absolute Gasteiger partial charge is 0.170 e. The van der Waals surface area contributed by atoms with Gasteiger partial charge in [-0.25, -0.2) is 4.39 Å². The fourth-order valence-electron chi connectivity index (χ4n) is 2.05. The average Bonchev–Trinajstić information content (AvgIpc) is 2.63. The highest BCUT2D eigenvalue weighted by Crippen LogP contribution is 2.23. The summed E-state index contributed by atoms with van der Waals surface area (Å²) in [5, 5.41) is 7.23. The molecule has 0 saturated heterocycles. The maximum Gasteiger partial charge on any atom is 0.170 e. The summed E-state index contributed by atoms with van der Waals surface area (Å²) in [5.41, 5.74) is 1.41. The molecule has 0 atom stereocenters. The van der Waals surface area contributed by atoms with Crippen LogP contribution in [0.5, 0.6) is 5.75 Å². The third-order valence-electron chi connectivity index (χ3n) is 3.32. The van der Waals surface area contributed by atoms with E-state index in [0.29, 0.717) is 34.6 Å². The molecule has 3 nitrogen and oxygen atoms in total. The van der Waals surface area contributed by atoms with Gasteiger partial charge in [0.25, 0.3) is 0 Å². The van der Waals surface area contributed by atoms with E-state index in [0.717, 1.165) is 17.2 Å². The van der Waals surface area contributed by atoms with Crippen molar-refractivity contribution in [3.63, 3.8) is 0 Å². The van der Waals surface area contributed by atoms with Crippen LogP contribution in [0.15, 0.2) is 55.1 Å². The van der Waals surface area contributed by atoms with Crippen molar-refractivity contribution >= 4 is 46.4 Å². The Labute approximate surface area is 168 Å². The first-order valence-corrected chi connectivity index (χ1v) is 9.93. The summed E-state index contributed by atoms with van der Waals surface area (Å²) in [6.07, 6.45) is 1.70. The van der Waals surface area contributed by atoms with Crippen LogP contribution in [0.2, 0.25) is 5.02 Å². The van der Waals surface area contributed by atoms with Crippen LogP contribution in [0.4, 0.5) is 10.1 Å². The number of halogens is 2. The summed E-state index contributed by atoms with van der Waals surface area (Å²) < 4.78 is 19.1. The van der Waals surface area contributed by atoms with Crippen LogP contribution < -0.4 is 15.4 Å². The minimum Gasteiger partial charge on any atom is -0.490 e. The van der Waals surface area contributed by atoms with Gasteiger partial charge in [-0.2, -0.15) is 11.8 Å². The molecule has 0 aromatic heterocycles. The summed E-state index contributed by atoms with van der Waals surface area (Å²) >= 11 is 12.9. The largest absolute Gasteiger partial charge is 0.490 e. The molecule has 0 radical (unpaired) electrons. The van der Waals surface area contributed by atoms with E-state index in [-0.39, 0.29) is 5.82 Å². The number of rotatable bonds is 9. The minimum atomic E-state index is -0.268. The van der Waals surface area contributed by atoms with E-state index >= 15 is 0 Å². The van der Waals surface area contributed by atoms with Gasteiger partial charge in [0.05, 0.1) is 0 Å². The number of anilines is 1. The Hall–Kier alpha value is -1.76. The molecule has 2 rings (SSSR count). The molecular formula is C19H20ClFN2OS2. The first-order valence-electron chi connectivity index (χ1n) is 7.99. The van der Waals surface area contributed by atoms with Gasteiger partial charge in [-0.15, -0.1) is 0 Å². The van der Waals surface area contributed by atoms with Crippen LogP contribution >= 0.6 is 35.6 Å². The monoisotopic (exact) mass is 410 g/mol. The van der Waals surface area contributed by atoms with Crippen LogP contribution in [0.25, 0.3) is 0 Å². The van der Waals surface area contributed by atoms with E-state index in [1.807, 2.05) is 24.3 Å². The van der Waals surface area contributed by atoms with Crippen molar-refractivity contribution < 1.29 is 9.13 Å². The van der Waals surface area contributed by atoms with Crippen molar-refractivity contribution in [1.82, 2.24) is 5.32 Å². The lowest BCUT2D eigenvalue weighted by Gasteiger charge is -2.11. The number of thioether (sulfide) groups is 1. The summed E-state index contributed by atoms with van der Waals surface area (Å²) in [4.78, 5) is 0. The van der Waals surface area contributed by atoms with Crippen LogP contribution in [0.3, 0.4) is 0 Å². The molecule has 0 heterocycles. The lowest BCUT2D eigenvalue weighted by Crippen LogP contribution is -2.30. The van der Waals surface area contributed by atoms with Gasteiger partial charge in [-0.1, -0.05) is 30.3 Å². The molecular weight excluding hydrogens is 391 g/mol. The first kappa shape index (κ1) is 20.6. The number of hydrogen-bond acceptors (Lipinski definition) is 3. The Morgan fingerprint density at radius 1 is 1.27 bits per heavy atom. The van der Waals surface area contributed by atoms with Gasteiger partial charge in [-0.3, -0.25) is 0 Å². The number of ether oxygens (including phenoxy) is 1. The third kappa shape index (κ3) is 6.86. The molecule has 0 amide bonds. The van der Waals surface area contributed by atoms with Gasteiger partial charge in [0.1, 0.15) is 18.2 Å². The highest BCUT2D eigenvalue weighted by molar-refractivity contribution is 7.98. The fraction of sp³-hybridized carbons (Fsp3) is 0.211. The van der Waals surface area contributed by atoms with Crippen molar-refractivity contribution in [2.45, 2.75) is 5.75 Å². The Morgan fingerprint density at radius 3 is 2.73 bits per heavy atom. The highest BCUT2D eigenvalue weighted by atomic mass is 35.5. The van der Waals surface area contributed by atoms with Crippen molar-refractivity contribution in [3.05, 3.63) is 71.5 Å². The first-order chi connectivity index (χ1) is 12.6. The molecule has 0 spiro atoms. The Morgan fingerprint density at radius 2 is 2.04 bits per heavy atom. The maximum atomic E-state index is 13.7. The van der Waals surface area contributed by atoms with Crippen molar-refractivity contribution in [2.75, 3.05) is 24.2 Å². The number of thiocarbonyl (C=S) groups is 1. The van der Waals surface area contributed by atoms with E-state index in [1.165, 1.54) is 6.07 Å². The number of nitrogens with one attached hydrogen (secondary N) is 2. The second-order valence-corrected chi connectivity index (χ2v) is 7.18. The van der Waals surface area contributed by atoms with Gasteiger partial charge in [0, 0.05) is 34.3 Å². The molecule has 2 aromatic rings. The molecule has 0 aliphatic rings. The van der Waals surface area contributed by atoms with Crippen LogP contribution in [-0.4, -0.2) is 24.0 Å². The van der Waals surface area contributed by atoms with Gasteiger partial charge < -0.3 is 15.4 Å². The maximum absolute atomic E-state index is 13.7. The van der Waals surface area contributed by atoms with Crippen molar-refractivity contribution in [1.29, 1.82) is 0 Å². The molecule has 138 valence electrons. The normalized spacial score (nSPS) is 10.2. The van der Waals surface area contributed by atoms with Gasteiger partial charge in [-0.05, 0) is 48.6 Å². The molecule has 0 bridgehead atoms. The zero-order valence-electron chi connectivity index (χ0n) is 14.1. The SMILES string of the molecule is C=CCOc1ccc(NC(=S)NCCSCc2c(F)cccc2Cl)cc1. The van der Waals surface area contributed by atoms with Crippen LogP contribution in [0, 0.1) is 5.82 Å². The highest BCUT2D eigenvalue weighted by Gasteiger charge is 2.06. The van der Waals surface area contributed by atoms with Crippen LogP contribution in [0.1, 0.15) is 5.56 Å². The summed E-state index contributed by atoms with van der Waals surface area (Å²) in [7, 11) is 0. The second-order valence-electron chi connectivity index (χ2n) is 5.26. The van der Waals surface area contributed by atoms with E-state index in [4.69, 9.17) is 28.6 Å². The molecule has 7 heteroatoms. The Balaban J connectivity index is 1.66. The second kappa shape index (κ2) is 11.1. The van der Waals surface area contributed by atoms with Crippen molar-refractivity contribution in [2.24, 2.45) is 0 Å². The molecule has 26 heavy (non-hydrogen) atoms. The molecule has 2 N–H and O–H groups in total. The van der Waals surface area contributed by atoms with E-state index in [1.54, 1.807) is 30.0 Å². The van der Waals surface area contributed by atoms with E-state index in [2.05, 4.69) is 17.2 Å². The predicted octanol–water partition coefficient (Wildman–Crippen LogP) is 5.26.